The molecule has 37 heavy (non-hydrogen) atoms. The van der Waals surface area contributed by atoms with Crippen molar-refractivity contribution in [3.63, 3.8) is 0 Å². The van der Waals surface area contributed by atoms with Crippen LogP contribution in [-0.4, -0.2) is 39.0 Å². The number of rotatable bonds is 7. The molecule has 6 N–H and O–H groups in total. The number of aromatic nitrogens is 1. The van der Waals surface area contributed by atoms with Crippen LogP contribution < -0.4 is 16.8 Å². The summed E-state index contributed by atoms with van der Waals surface area (Å²) in [6.45, 7) is 5.52. The normalized spacial score (nSPS) is 23.5. The summed E-state index contributed by atoms with van der Waals surface area (Å²) < 4.78 is 54.7. The lowest BCUT2D eigenvalue weighted by Gasteiger charge is -2.36. The predicted octanol–water partition coefficient (Wildman–Crippen LogP) is 3.65. The molecule has 1 aliphatic rings. The molecule has 1 amide bonds. The molecule has 1 saturated carbocycles. The van der Waals surface area contributed by atoms with E-state index in [9.17, 15) is 27.6 Å². The maximum atomic E-state index is 14.6. The molecule has 0 radical (unpaired) electrons. The van der Waals surface area contributed by atoms with Gasteiger partial charge in [-0.2, -0.15) is 0 Å². The van der Waals surface area contributed by atoms with Gasteiger partial charge in [-0.1, -0.05) is 13.5 Å². The first-order valence-electron chi connectivity index (χ1n) is 11.4. The monoisotopic (exact) mass is 534 g/mol. The number of aliphatic hydroxyl groups excluding tert-OH is 1. The number of nitrogens with two attached hydrogens (primary N) is 2. The van der Waals surface area contributed by atoms with Crippen molar-refractivity contribution in [1.29, 1.82) is 0 Å². The second kappa shape index (κ2) is 12.0. The third kappa shape index (κ3) is 6.61. The predicted molar refractivity (Wildman–Crippen MR) is 137 cm³/mol. The Labute approximate surface area is 216 Å². The summed E-state index contributed by atoms with van der Waals surface area (Å²) in [5.41, 5.74) is 11.1. The number of amides is 1. The van der Waals surface area contributed by atoms with Crippen molar-refractivity contribution >= 4 is 28.5 Å². The molecule has 1 heterocycles. The van der Waals surface area contributed by atoms with Gasteiger partial charge in [-0.05, 0) is 59.6 Å². The van der Waals surface area contributed by atoms with Crippen LogP contribution in [0.25, 0.3) is 5.70 Å². The highest BCUT2D eigenvalue weighted by Gasteiger charge is 2.34. The van der Waals surface area contributed by atoms with Crippen molar-refractivity contribution in [3.8, 4) is 0 Å². The Bertz CT molecular complexity index is 1220. The van der Waals surface area contributed by atoms with Crippen molar-refractivity contribution in [2.24, 2.45) is 17.4 Å². The molecule has 3 rings (SSSR count). The topological polar surface area (TPSA) is 137 Å². The van der Waals surface area contributed by atoms with Crippen LogP contribution in [0.3, 0.4) is 0 Å². The third-order valence-corrected chi connectivity index (χ3v) is 7.27. The van der Waals surface area contributed by atoms with E-state index in [0.29, 0.717) is 18.5 Å². The number of carbonyl (C=O) groups excluding carboxylic acids is 1. The SMILES string of the molecule is C=C(/C=C\C(F)=C(/N)c1c(F)cc([S@+](C)[O-])cc1F)C(=O)Nc1cnccc1[C@H]1C[C@@H](N)[C@H](O)[C@@H](C)C1. The van der Waals surface area contributed by atoms with Crippen LogP contribution in [0.1, 0.15) is 36.8 Å². The highest BCUT2D eigenvalue weighted by Crippen LogP contribution is 2.38. The lowest BCUT2D eigenvalue weighted by atomic mass is 9.74. The fourth-order valence-electron chi connectivity index (χ4n) is 4.33. The molecule has 0 aliphatic heterocycles. The molecule has 0 saturated heterocycles. The number of hydrogen-bond acceptors (Lipinski definition) is 6. The maximum absolute atomic E-state index is 14.6. The summed E-state index contributed by atoms with van der Waals surface area (Å²) in [4.78, 5) is 16.7. The van der Waals surface area contributed by atoms with E-state index < -0.39 is 58.0 Å². The van der Waals surface area contributed by atoms with E-state index in [1.807, 2.05) is 6.92 Å². The molecule has 198 valence electrons. The Morgan fingerprint density at radius 2 is 1.95 bits per heavy atom. The molecule has 0 spiro atoms. The lowest BCUT2D eigenvalue weighted by molar-refractivity contribution is -0.112. The van der Waals surface area contributed by atoms with Gasteiger partial charge in [-0.25, -0.2) is 13.2 Å². The molecule has 0 unspecified atom stereocenters. The van der Waals surface area contributed by atoms with Gasteiger partial charge in [0.25, 0.3) is 5.91 Å². The summed E-state index contributed by atoms with van der Waals surface area (Å²) >= 11 is -1.64. The van der Waals surface area contributed by atoms with Crippen LogP contribution in [0.15, 0.2) is 65.6 Å². The first-order valence-corrected chi connectivity index (χ1v) is 13.0. The van der Waals surface area contributed by atoms with E-state index in [4.69, 9.17) is 11.5 Å². The van der Waals surface area contributed by atoms with Gasteiger partial charge in [0.05, 0.1) is 29.2 Å². The highest BCUT2D eigenvalue weighted by molar-refractivity contribution is 7.90. The number of halogens is 3. The number of aliphatic hydroxyl groups is 1. The summed E-state index contributed by atoms with van der Waals surface area (Å²) in [6.07, 6.45) is 6.69. The number of nitrogens with one attached hydrogen (secondary N) is 1. The number of carbonyl (C=O) groups is 1. The van der Waals surface area contributed by atoms with Gasteiger partial charge >= 0.3 is 0 Å². The maximum Gasteiger partial charge on any atom is 0.255 e. The third-order valence-electron chi connectivity index (χ3n) is 6.37. The van der Waals surface area contributed by atoms with Gasteiger partial charge in [0.1, 0.15) is 23.7 Å². The molecule has 2 aromatic rings. The van der Waals surface area contributed by atoms with E-state index in [-0.39, 0.29) is 22.3 Å². The summed E-state index contributed by atoms with van der Waals surface area (Å²) in [5, 5.41) is 12.8. The molecule has 1 aliphatic carbocycles. The Morgan fingerprint density at radius 3 is 2.54 bits per heavy atom. The molecule has 5 atom stereocenters. The van der Waals surface area contributed by atoms with Crippen molar-refractivity contribution < 1.29 is 27.6 Å². The van der Waals surface area contributed by atoms with Crippen LogP contribution in [0.4, 0.5) is 18.9 Å². The molecule has 0 bridgehead atoms. The largest absolute Gasteiger partial charge is 0.612 e. The zero-order valence-corrected chi connectivity index (χ0v) is 21.2. The minimum Gasteiger partial charge on any atom is -0.612 e. The average molecular weight is 535 g/mol. The van der Waals surface area contributed by atoms with Crippen LogP contribution in [0, 0.1) is 17.6 Å². The average Bonchev–Trinajstić information content (AvgIpc) is 2.84. The second-order valence-electron chi connectivity index (χ2n) is 9.05. The minimum atomic E-state index is -1.64. The molecular formula is C26H29F3N4O3S. The Morgan fingerprint density at radius 1 is 1.30 bits per heavy atom. The van der Waals surface area contributed by atoms with Gasteiger partial charge in [0.2, 0.25) is 0 Å². The van der Waals surface area contributed by atoms with E-state index in [1.165, 1.54) is 12.5 Å². The number of hydrogen-bond donors (Lipinski definition) is 4. The Hall–Kier alpha value is -3.12. The first kappa shape index (κ1) is 28.5. The number of pyridine rings is 1. The fraction of sp³-hybridized carbons (Fsp3) is 0.308. The van der Waals surface area contributed by atoms with Crippen molar-refractivity contribution in [2.75, 3.05) is 11.6 Å². The Balaban J connectivity index is 1.76. The molecule has 1 aromatic heterocycles. The zero-order chi connectivity index (χ0) is 27.4. The van der Waals surface area contributed by atoms with Crippen molar-refractivity contribution in [2.45, 2.75) is 42.7 Å². The van der Waals surface area contributed by atoms with Crippen LogP contribution in [-0.2, 0) is 16.0 Å². The van der Waals surface area contributed by atoms with Gasteiger partial charge in [-0.15, -0.1) is 0 Å². The van der Waals surface area contributed by atoms with Crippen LogP contribution >= 0.6 is 0 Å². The summed E-state index contributed by atoms with van der Waals surface area (Å²) in [5.74, 6) is -4.23. The van der Waals surface area contributed by atoms with E-state index in [1.54, 1.807) is 12.3 Å². The summed E-state index contributed by atoms with van der Waals surface area (Å²) in [6, 6.07) is 2.99. The summed E-state index contributed by atoms with van der Waals surface area (Å²) in [7, 11) is 0. The molecule has 11 heteroatoms. The van der Waals surface area contributed by atoms with Crippen molar-refractivity contribution in [3.05, 3.63) is 83.5 Å². The minimum absolute atomic E-state index is 0.0167. The van der Waals surface area contributed by atoms with Gasteiger partial charge in [0, 0.05) is 29.9 Å². The van der Waals surface area contributed by atoms with Gasteiger partial charge in [-0.3, -0.25) is 9.78 Å². The lowest BCUT2D eigenvalue weighted by Crippen LogP contribution is -2.44. The number of benzene rings is 1. The first-order chi connectivity index (χ1) is 17.4. The zero-order valence-electron chi connectivity index (χ0n) is 20.4. The standard InChI is InChI=1S/C26H29F3N4O3S/c1-13(4-5-18(27)24(31)23-19(28)10-16(37(3)36)11-20(23)29)26(35)33-22-12-32-7-6-17(22)15-8-14(2)25(34)21(30)9-15/h4-7,10-12,14-15,21,25,34H,1,8-9,30-31H2,2-3H3,(H,33,35)/b5-4-,24-18+/t14-,15+,21+,25+,37-/m0/s1. The van der Waals surface area contributed by atoms with Crippen molar-refractivity contribution in [1.82, 2.24) is 4.98 Å². The molecule has 1 fully saturated rings. The molecule has 7 nitrogen and oxygen atoms in total. The molecular weight excluding hydrogens is 505 g/mol. The Kier molecular flexibility index (Phi) is 9.19. The fourth-order valence-corrected chi connectivity index (χ4v) is 4.87. The van der Waals surface area contributed by atoms with E-state index >= 15 is 0 Å². The highest BCUT2D eigenvalue weighted by atomic mass is 32.2. The van der Waals surface area contributed by atoms with E-state index in [0.717, 1.165) is 29.8 Å². The van der Waals surface area contributed by atoms with Crippen LogP contribution in [0.5, 0.6) is 0 Å². The van der Waals surface area contributed by atoms with Crippen LogP contribution in [0.2, 0.25) is 0 Å². The number of nitrogens with zero attached hydrogens (tertiary/aromatic N) is 1. The smallest absolute Gasteiger partial charge is 0.255 e. The van der Waals surface area contributed by atoms with Gasteiger partial charge in [0.15, 0.2) is 4.90 Å². The van der Waals surface area contributed by atoms with E-state index in [2.05, 4.69) is 16.9 Å². The second-order valence-corrected chi connectivity index (χ2v) is 10.4. The molecule has 1 aromatic carbocycles. The number of allylic oxidation sites excluding steroid dienone is 2. The van der Waals surface area contributed by atoms with Gasteiger partial charge < -0.3 is 26.4 Å². The number of anilines is 1. The quantitative estimate of drug-likeness (QED) is 0.243.